The second kappa shape index (κ2) is 8.09. The Bertz CT molecular complexity index is 128. The fourth-order valence-electron chi connectivity index (χ4n) is 1.51. The summed E-state index contributed by atoms with van der Waals surface area (Å²) < 4.78 is 0. The van der Waals surface area contributed by atoms with Crippen molar-refractivity contribution in [3.63, 3.8) is 0 Å². The van der Waals surface area contributed by atoms with Crippen LogP contribution in [0.5, 0.6) is 0 Å². The molecular weight excluding hydrogens is 162 g/mol. The van der Waals surface area contributed by atoms with Crippen LogP contribution < -0.4 is 5.32 Å². The van der Waals surface area contributed by atoms with Crippen LogP contribution in [0.1, 0.15) is 59.3 Å². The Morgan fingerprint density at radius 1 is 1.08 bits per heavy atom. The predicted molar refractivity (Wildman–Crippen MR) is 56.7 cm³/mol. The molecule has 0 aromatic rings. The van der Waals surface area contributed by atoms with Crippen LogP contribution in [-0.2, 0) is 4.79 Å². The lowest BCUT2D eigenvalue weighted by Gasteiger charge is -2.16. The monoisotopic (exact) mass is 185 g/mol. The highest BCUT2D eigenvalue weighted by molar-refractivity contribution is 5.76. The fourth-order valence-corrected chi connectivity index (χ4v) is 1.51. The first-order valence-corrected chi connectivity index (χ1v) is 5.53. The van der Waals surface area contributed by atoms with Crippen LogP contribution in [-0.4, -0.2) is 11.9 Å². The molecule has 0 unspecified atom stereocenters. The minimum Gasteiger partial charge on any atom is -0.353 e. The van der Waals surface area contributed by atoms with E-state index in [4.69, 9.17) is 0 Å². The topological polar surface area (TPSA) is 29.1 Å². The van der Waals surface area contributed by atoms with Crippen molar-refractivity contribution in [3.8, 4) is 0 Å². The highest BCUT2D eigenvalue weighted by Crippen LogP contribution is 2.04. The van der Waals surface area contributed by atoms with Crippen LogP contribution in [0.15, 0.2) is 0 Å². The van der Waals surface area contributed by atoms with Gasteiger partial charge in [-0.2, -0.15) is 0 Å². The molecule has 0 fully saturated rings. The summed E-state index contributed by atoms with van der Waals surface area (Å²) in [5.74, 6) is 0.217. The van der Waals surface area contributed by atoms with E-state index in [0.29, 0.717) is 12.5 Å². The predicted octanol–water partition coefficient (Wildman–Crippen LogP) is 2.87. The SMILES string of the molecule is CCCC(=O)NC(CCC)CCC. The van der Waals surface area contributed by atoms with Gasteiger partial charge in [-0.1, -0.05) is 33.6 Å². The molecule has 0 atom stereocenters. The second-order valence-corrected chi connectivity index (χ2v) is 3.59. The molecule has 0 saturated carbocycles. The van der Waals surface area contributed by atoms with Gasteiger partial charge in [0.1, 0.15) is 0 Å². The van der Waals surface area contributed by atoms with Gasteiger partial charge in [-0.25, -0.2) is 0 Å². The lowest BCUT2D eigenvalue weighted by molar-refractivity contribution is -0.121. The summed E-state index contributed by atoms with van der Waals surface area (Å²) >= 11 is 0. The van der Waals surface area contributed by atoms with E-state index in [-0.39, 0.29) is 5.91 Å². The van der Waals surface area contributed by atoms with Gasteiger partial charge in [-0.15, -0.1) is 0 Å². The average Bonchev–Trinajstić information content (AvgIpc) is 2.05. The zero-order chi connectivity index (χ0) is 10.1. The maximum atomic E-state index is 11.3. The summed E-state index contributed by atoms with van der Waals surface area (Å²) in [6.45, 7) is 6.36. The first-order valence-electron chi connectivity index (χ1n) is 5.53. The van der Waals surface area contributed by atoms with Crippen molar-refractivity contribution in [2.75, 3.05) is 0 Å². The number of carbonyl (C=O) groups is 1. The molecule has 2 nitrogen and oxygen atoms in total. The Morgan fingerprint density at radius 2 is 1.62 bits per heavy atom. The van der Waals surface area contributed by atoms with E-state index >= 15 is 0 Å². The van der Waals surface area contributed by atoms with Crippen LogP contribution >= 0.6 is 0 Å². The van der Waals surface area contributed by atoms with E-state index in [1.807, 2.05) is 6.92 Å². The normalized spacial score (nSPS) is 10.5. The van der Waals surface area contributed by atoms with Crippen molar-refractivity contribution in [2.24, 2.45) is 0 Å². The molecular formula is C11H23NO. The summed E-state index contributed by atoms with van der Waals surface area (Å²) in [5.41, 5.74) is 0. The molecule has 0 rings (SSSR count). The molecule has 0 aliphatic rings. The smallest absolute Gasteiger partial charge is 0.220 e. The first-order chi connectivity index (χ1) is 6.24. The van der Waals surface area contributed by atoms with Gasteiger partial charge in [-0.3, -0.25) is 4.79 Å². The molecule has 0 spiro atoms. The number of hydrogen-bond acceptors (Lipinski definition) is 1. The molecule has 0 aromatic heterocycles. The van der Waals surface area contributed by atoms with E-state index in [0.717, 1.165) is 32.1 Å². The van der Waals surface area contributed by atoms with Gasteiger partial charge in [0.25, 0.3) is 0 Å². The lowest BCUT2D eigenvalue weighted by Crippen LogP contribution is -2.34. The number of amides is 1. The molecule has 0 bridgehead atoms. The quantitative estimate of drug-likeness (QED) is 0.649. The Morgan fingerprint density at radius 3 is 2.00 bits per heavy atom. The van der Waals surface area contributed by atoms with Gasteiger partial charge in [0, 0.05) is 12.5 Å². The molecule has 78 valence electrons. The van der Waals surface area contributed by atoms with Gasteiger partial charge in [-0.05, 0) is 19.3 Å². The van der Waals surface area contributed by atoms with Gasteiger partial charge in [0.05, 0.1) is 0 Å². The van der Waals surface area contributed by atoms with Gasteiger partial charge >= 0.3 is 0 Å². The fraction of sp³-hybridized carbons (Fsp3) is 0.909. The molecule has 0 radical (unpaired) electrons. The Kier molecular flexibility index (Phi) is 7.76. The molecule has 1 N–H and O–H groups in total. The van der Waals surface area contributed by atoms with E-state index in [2.05, 4.69) is 19.2 Å². The molecule has 0 aromatic carbocycles. The number of carbonyl (C=O) groups excluding carboxylic acids is 1. The van der Waals surface area contributed by atoms with Gasteiger partial charge < -0.3 is 5.32 Å². The standard InChI is InChI=1S/C11H23NO/c1-4-7-10(8-5-2)12-11(13)9-6-3/h10H,4-9H2,1-3H3,(H,12,13). The van der Waals surface area contributed by atoms with E-state index in [9.17, 15) is 4.79 Å². The summed E-state index contributed by atoms with van der Waals surface area (Å²) in [7, 11) is 0. The molecule has 0 aliphatic carbocycles. The third-order valence-electron chi connectivity index (χ3n) is 2.12. The van der Waals surface area contributed by atoms with Gasteiger partial charge in [0.2, 0.25) is 5.91 Å². The third kappa shape index (κ3) is 6.62. The highest BCUT2D eigenvalue weighted by Gasteiger charge is 2.08. The molecule has 13 heavy (non-hydrogen) atoms. The van der Waals surface area contributed by atoms with Crippen LogP contribution in [0.2, 0.25) is 0 Å². The number of nitrogens with one attached hydrogen (secondary N) is 1. The summed E-state index contributed by atoms with van der Waals surface area (Å²) in [6, 6.07) is 0.411. The molecule has 2 heteroatoms. The van der Waals surface area contributed by atoms with Crippen molar-refractivity contribution >= 4 is 5.91 Å². The molecule has 0 saturated heterocycles. The zero-order valence-electron chi connectivity index (χ0n) is 9.23. The summed E-state index contributed by atoms with van der Waals surface area (Å²) in [5, 5.41) is 3.08. The third-order valence-corrected chi connectivity index (χ3v) is 2.12. The van der Waals surface area contributed by atoms with E-state index < -0.39 is 0 Å². The minimum atomic E-state index is 0.217. The van der Waals surface area contributed by atoms with Crippen molar-refractivity contribution in [2.45, 2.75) is 65.3 Å². The Balaban J connectivity index is 3.71. The Labute approximate surface area is 82.1 Å². The lowest BCUT2D eigenvalue weighted by atomic mass is 10.1. The minimum absolute atomic E-state index is 0.217. The summed E-state index contributed by atoms with van der Waals surface area (Å²) in [6.07, 6.45) is 6.14. The zero-order valence-corrected chi connectivity index (χ0v) is 9.23. The van der Waals surface area contributed by atoms with Crippen LogP contribution in [0.4, 0.5) is 0 Å². The van der Waals surface area contributed by atoms with E-state index in [1.54, 1.807) is 0 Å². The average molecular weight is 185 g/mol. The van der Waals surface area contributed by atoms with Gasteiger partial charge in [0.15, 0.2) is 0 Å². The maximum absolute atomic E-state index is 11.3. The highest BCUT2D eigenvalue weighted by atomic mass is 16.1. The van der Waals surface area contributed by atoms with Crippen molar-refractivity contribution in [1.29, 1.82) is 0 Å². The van der Waals surface area contributed by atoms with E-state index in [1.165, 1.54) is 0 Å². The largest absolute Gasteiger partial charge is 0.353 e. The molecule has 0 heterocycles. The Hall–Kier alpha value is -0.530. The second-order valence-electron chi connectivity index (χ2n) is 3.59. The molecule has 0 aliphatic heterocycles. The van der Waals surface area contributed by atoms with Crippen LogP contribution in [0, 0.1) is 0 Å². The number of rotatable bonds is 7. The van der Waals surface area contributed by atoms with Crippen molar-refractivity contribution in [3.05, 3.63) is 0 Å². The van der Waals surface area contributed by atoms with Crippen molar-refractivity contribution in [1.82, 2.24) is 5.32 Å². The van der Waals surface area contributed by atoms with Crippen LogP contribution in [0.3, 0.4) is 0 Å². The maximum Gasteiger partial charge on any atom is 0.220 e. The van der Waals surface area contributed by atoms with Crippen LogP contribution in [0.25, 0.3) is 0 Å². The van der Waals surface area contributed by atoms with Crippen molar-refractivity contribution < 1.29 is 4.79 Å². The number of hydrogen-bond donors (Lipinski definition) is 1. The summed E-state index contributed by atoms with van der Waals surface area (Å²) in [4.78, 5) is 11.3. The molecule has 1 amide bonds. The first kappa shape index (κ1) is 12.5.